The summed E-state index contributed by atoms with van der Waals surface area (Å²) >= 11 is 0. The molecular weight excluding hydrogens is 887 g/mol. The van der Waals surface area contributed by atoms with E-state index in [1.165, 1.54) is 12.0 Å². The number of carbonyl (C=O) groups is 5. The van der Waals surface area contributed by atoms with Crippen LogP contribution in [0.25, 0.3) is 0 Å². The summed E-state index contributed by atoms with van der Waals surface area (Å²) < 4.78 is 31.6. The molecule has 2 bridgehead atoms. The molecule has 3 fully saturated rings. The zero-order chi connectivity index (χ0) is 50.6. The van der Waals surface area contributed by atoms with Crippen molar-refractivity contribution < 1.29 is 57.9 Å². The Morgan fingerprint density at radius 3 is 2.33 bits per heavy atom. The Morgan fingerprint density at radius 2 is 1.65 bits per heavy atom. The maximum atomic E-state index is 14.5. The van der Waals surface area contributed by atoms with Crippen LogP contribution >= 0.6 is 0 Å². The van der Waals surface area contributed by atoms with E-state index in [1.54, 1.807) is 52.1 Å². The Bertz CT molecular complexity index is 2020. The average Bonchev–Trinajstić information content (AvgIpc) is 3.88. The molecule has 0 spiro atoms. The zero-order valence-corrected chi connectivity index (χ0v) is 42.5. The summed E-state index contributed by atoms with van der Waals surface area (Å²) in [6, 6.07) is -1.20. The number of aliphatic hydroxyl groups excluding tert-OH is 1. The van der Waals surface area contributed by atoms with Gasteiger partial charge in [-0.05, 0) is 117 Å². The highest BCUT2D eigenvalue weighted by atomic mass is 16.6. The lowest BCUT2D eigenvalue weighted by Crippen LogP contribution is -2.61. The number of aromatic nitrogens is 4. The highest BCUT2D eigenvalue weighted by Crippen LogP contribution is 2.39. The van der Waals surface area contributed by atoms with Crippen LogP contribution in [0.1, 0.15) is 132 Å². The van der Waals surface area contributed by atoms with Gasteiger partial charge >= 0.3 is 5.97 Å². The van der Waals surface area contributed by atoms with E-state index in [-0.39, 0.29) is 60.9 Å². The van der Waals surface area contributed by atoms with E-state index >= 15 is 0 Å². The molecule has 3 aliphatic heterocycles. The fourth-order valence-corrected chi connectivity index (χ4v) is 10.8. The van der Waals surface area contributed by atoms with Gasteiger partial charge in [-0.25, -0.2) is 9.48 Å². The van der Waals surface area contributed by atoms with Crippen LogP contribution < -0.4 is 0 Å². The Morgan fingerprint density at radius 1 is 0.899 bits per heavy atom. The second-order valence-corrected chi connectivity index (χ2v) is 20.4. The first kappa shape index (κ1) is 55.7. The minimum atomic E-state index is -2.43. The van der Waals surface area contributed by atoms with Gasteiger partial charge in [0.25, 0.3) is 11.7 Å². The second-order valence-electron chi connectivity index (χ2n) is 20.4. The minimum absolute atomic E-state index is 0.0197. The van der Waals surface area contributed by atoms with Gasteiger partial charge in [-0.2, -0.15) is 0 Å². The van der Waals surface area contributed by atoms with Gasteiger partial charge in [0.15, 0.2) is 11.6 Å². The number of allylic oxidation sites excluding steroid dienone is 6. The molecule has 384 valence electrons. The van der Waals surface area contributed by atoms with E-state index in [9.17, 15) is 34.2 Å². The summed E-state index contributed by atoms with van der Waals surface area (Å²) in [4.78, 5) is 72.3. The monoisotopic (exact) mass is 966 g/mol. The quantitative estimate of drug-likeness (QED) is 0.235. The molecule has 5 rings (SSSR count). The van der Waals surface area contributed by atoms with Gasteiger partial charge in [0, 0.05) is 58.5 Å². The lowest BCUT2D eigenvalue weighted by Gasteiger charge is -2.42. The predicted molar refractivity (Wildman–Crippen MR) is 256 cm³/mol. The van der Waals surface area contributed by atoms with E-state index in [4.69, 9.17) is 23.7 Å². The lowest BCUT2D eigenvalue weighted by molar-refractivity contribution is -0.265. The van der Waals surface area contributed by atoms with Gasteiger partial charge in [-0.3, -0.25) is 19.2 Å². The summed E-state index contributed by atoms with van der Waals surface area (Å²) in [6.45, 7) is 12.8. The molecule has 1 amide bonds. The third kappa shape index (κ3) is 14.2. The van der Waals surface area contributed by atoms with Crippen molar-refractivity contribution in [1.82, 2.24) is 25.1 Å². The summed E-state index contributed by atoms with van der Waals surface area (Å²) in [6.07, 6.45) is 14.0. The summed E-state index contributed by atoms with van der Waals surface area (Å²) in [5.74, 6) is -7.89. The molecule has 1 saturated carbocycles. The van der Waals surface area contributed by atoms with Crippen molar-refractivity contribution >= 4 is 29.2 Å². The van der Waals surface area contributed by atoms with E-state index < -0.39 is 77.8 Å². The van der Waals surface area contributed by atoms with Gasteiger partial charge in [-0.15, -0.1) is 5.10 Å². The smallest absolute Gasteiger partial charge is 0.329 e. The number of amides is 1. The lowest BCUT2D eigenvalue weighted by atomic mass is 9.77. The van der Waals surface area contributed by atoms with Crippen molar-refractivity contribution in [1.29, 1.82) is 0 Å². The molecule has 69 heavy (non-hydrogen) atoms. The number of ether oxygens (including phenoxy) is 5. The van der Waals surface area contributed by atoms with Gasteiger partial charge in [-0.1, -0.05) is 71.1 Å². The standard InChI is InChI=1S/C52H79N5O12/c1-31-16-12-11-13-17-32(2)43(65-8)28-39-21-19-37(7)52(64,69-39)49(61)50(62)56-23-15-14-18-41(56)51(63)68-44(34(4)26-38-20-22-40(45(27-38)66-9)57-30-53-54-55-57)29-42(58)33(3)25-36(6)47(60)48(67-10)46(59)35(5)24-31/h11-13,16-17,25,30-31,34-41,43-45,47-48,60,64H,14-15,18-24,26-29H2,1-10H3/b13-11?,16-12?,32-17?,33-25+. The molecule has 2 saturated heterocycles. The van der Waals surface area contributed by atoms with Crippen molar-refractivity contribution in [3.8, 4) is 0 Å². The van der Waals surface area contributed by atoms with E-state index in [0.29, 0.717) is 56.9 Å². The number of cyclic esters (lactones) is 1. The third-order valence-corrected chi connectivity index (χ3v) is 15.2. The first-order valence-corrected chi connectivity index (χ1v) is 25.0. The third-order valence-electron chi connectivity index (χ3n) is 15.2. The van der Waals surface area contributed by atoms with Crippen molar-refractivity contribution in [2.75, 3.05) is 27.9 Å². The fourth-order valence-electron chi connectivity index (χ4n) is 10.8. The van der Waals surface area contributed by atoms with Gasteiger partial charge in [0.05, 0.1) is 30.5 Å². The molecule has 2 N–H and O–H groups in total. The number of piperidine rings is 1. The molecule has 17 heteroatoms. The number of aliphatic hydroxyl groups is 2. The molecule has 17 nitrogen and oxygen atoms in total. The Hall–Kier alpha value is -4.26. The number of esters is 1. The summed E-state index contributed by atoms with van der Waals surface area (Å²) in [5.41, 5.74) is 1.20. The van der Waals surface area contributed by atoms with Crippen molar-refractivity contribution in [2.24, 2.45) is 35.5 Å². The number of nitrogens with zero attached hydrogens (tertiary/aromatic N) is 5. The van der Waals surface area contributed by atoms with Crippen LogP contribution in [-0.4, -0.2) is 141 Å². The van der Waals surface area contributed by atoms with E-state index in [0.717, 1.165) is 18.4 Å². The van der Waals surface area contributed by atoms with Crippen LogP contribution in [0.2, 0.25) is 0 Å². The molecule has 1 aliphatic carbocycles. The van der Waals surface area contributed by atoms with E-state index in [2.05, 4.69) is 15.5 Å². The van der Waals surface area contributed by atoms with Crippen LogP contribution in [0.15, 0.2) is 53.9 Å². The molecule has 4 aliphatic rings. The second kappa shape index (κ2) is 25.7. The number of carbonyl (C=O) groups excluding carboxylic acids is 5. The van der Waals surface area contributed by atoms with Gasteiger partial charge < -0.3 is 38.8 Å². The van der Waals surface area contributed by atoms with Crippen molar-refractivity contribution in [3.63, 3.8) is 0 Å². The van der Waals surface area contributed by atoms with Gasteiger partial charge in [0.1, 0.15) is 24.6 Å². The number of rotatable bonds is 7. The Balaban J connectivity index is 1.46. The highest BCUT2D eigenvalue weighted by molar-refractivity contribution is 6.39. The predicted octanol–water partition coefficient (Wildman–Crippen LogP) is 6.05. The topological polar surface area (TPSA) is 219 Å². The summed E-state index contributed by atoms with van der Waals surface area (Å²) in [5, 5.41) is 35.2. The van der Waals surface area contributed by atoms with Crippen LogP contribution in [0.3, 0.4) is 0 Å². The number of fused-ring (bicyclic) bond motifs is 3. The molecule has 0 aromatic carbocycles. The molecule has 1 aromatic heterocycles. The highest BCUT2D eigenvalue weighted by Gasteiger charge is 2.53. The van der Waals surface area contributed by atoms with Crippen LogP contribution in [0.4, 0.5) is 0 Å². The van der Waals surface area contributed by atoms with Crippen LogP contribution in [0.5, 0.6) is 0 Å². The molecule has 4 heterocycles. The normalized spacial score (nSPS) is 37.1. The number of methoxy groups -OCH3 is 3. The molecule has 15 unspecified atom stereocenters. The average molecular weight is 966 g/mol. The number of tetrazole rings is 1. The molecule has 0 radical (unpaired) electrons. The van der Waals surface area contributed by atoms with E-state index in [1.807, 2.05) is 58.1 Å². The summed E-state index contributed by atoms with van der Waals surface area (Å²) in [7, 11) is 4.63. The number of Topliss-reactive ketones (excluding diaryl/α,β-unsaturated/α-hetero) is 3. The Labute approximate surface area is 408 Å². The zero-order valence-electron chi connectivity index (χ0n) is 42.5. The fraction of sp³-hybridized carbons (Fsp3) is 0.731. The first-order valence-electron chi connectivity index (χ1n) is 25.0. The van der Waals surface area contributed by atoms with Crippen LogP contribution in [-0.2, 0) is 47.7 Å². The molecular formula is C52H79N5O12. The van der Waals surface area contributed by atoms with Crippen molar-refractivity contribution in [3.05, 3.63) is 53.9 Å². The number of ketones is 3. The minimum Gasteiger partial charge on any atom is -0.460 e. The largest absolute Gasteiger partial charge is 0.460 e. The SMILES string of the molecule is COC1CC2CCC(C)C(O)(O2)C(=O)C(=O)N2CCCCC2C(=O)OC(C(C)CC2CCC(n3cnnn3)C(OC)C2)CC(=O)/C(C)=C/C(C)C(O)C(OC)C(=O)C(C)CC(C)C=CC=CC=C1C. The Kier molecular flexibility index (Phi) is 20.8. The van der Waals surface area contributed by atoms with Crippen molar-refractivity contribution in [2.45, 2.75) is 180 Å². The maximum absolute atomic E-state index is 14.5. The van der Waals surface area contributed by atoms with Crippen LogP contribution in [0, 0.1) is 35.5 Å². The number of hydrogen-bond donors (Lipinski definition) is 2. The number of hydrogen-bond acceptors (Lipinski definition) is 15. The molecule has 1 aromatic rings. The van der Waals surface area contributed by atoms with Gasteiger partial charge in [0.2, 0.25) is 5.79 Å². The first-order chi connectivity index (χ1) is 32.8. The molecule has 15 atom stereocenters. The maximum Gasteiger partial charge on any atom is 0.329 e.